The highest BCUT2D eigenvalue weighted by Crippen LogP contribution is 2.35. The van der Waals surface area contributed by atoms with Crippen molar-refractivity contribution in [2.24, 2.45) is 5.92 Å². The quantitative estimate of drug-likeness (QED) is 0.826. The van der Waals surface area contributed by atoms with E-state index < -0.39 is 0 Å². The first-order chi connectivity index (χ1) is 8.86. The Hall–Kier alpha value is -0.480. The van der Waals surface area contributed by atoms with E-state index in [0.717, 1.165) is 18.8 Å². The van der Waals surface area contributed by atoms with Gasteiger partial charge in [-0.05, 0) is 43.8 Å². The third-order valence-corrected chi connectivity index (χ3v) is 4.89. The molecule has 4 heteroatoms. The molecule has 1 fully saturated rings. The molecule has 3 nitrogen and oxygen atoms in total. The van der Waals surface area contributed by atoms with Gasteiger partial charge in [0.2, 0.25) is 0 Å². The first-order valence-corrected chi connectivity index (χ1v) is 8.12. The molecular formula is C14H25N3S. The minimum atomic E-state index is 0.477. The highest BCUT2D eigenvalue weighted by molar-refractivity contribution is 7.05. The van der Waals surface area contributed by atoms with Crippen LogP contribution in [0.4, 0.5) is 0 Å². The molecule has 1 aliphatic carbocycles. The van der Waals surface area contributed by atoms with Crippen molar-refractivity contribution in [1.82, 2.24) is 14.9 Å². The summed E-state index contributed by atoms with van der Waals surface area (Å²) < 4.78 is 4.18. The highest BCUT2D eigenvalue weighted by atomic mass is 32.1. The van der Waals surface area contributed by atoms with Crippen molar-refractivity contribution >= 4 is 11.5 Å². The SMILES string of the molecule is CCCc1nnsc1C(NC)C1CCCCCC1. The average molecular weight is 267 g/mol. The Morgan fingerprint density at radius 2 is 2.00 bits per heavy atom. The van der Waals surface area contributed by atoms with Crippen LogP contribution in [-0.2, 0) is 6.42 Å². The summed E-state index contributed by atoms with van der Waals surface area (Å²) in [6.45, 7) is 2.21. The third-order valence-electron chi connectivity index (χ3n) is 4.04. The molecule has 1 aromatic heterocycles. The number of hydrogen-bond donors (Lipinski definition) is 1. The van der Waals surface area contributed by atoms with Gasteiger partial charge in [-0.1, -0.05) is 43.5 Å². The van der Waals surface area contributed by atoms with Crippen LogP contribution in [0.5, 0.6) is 0 Å². The van der Waals surface area contributed by atoms with Crippen LogP contribution < -0.4 is 5.32 Å². The topological polar surface area (TPSA) is 37.8 Å². The first-order valence-electron chi connectivity index (χ1n) is 7.35. The van der Waals surface area contributed by atoms with Gasteiger partial charge in [-0.2, -0.15) is 0 Å². The van der Waals surface area contributed by atoms with Crippen LogP contribution in [0.15, 0.2) is 0 Å². The molecule has 1 atom stereocenters. The van der Waals surface area contributed by atoms with E-state index in [1.807, 2.05) is 0 Å². The molecule has 0 radical (unpaired) electrons. The summed E-state index contributed by atoms with van der Waals surface area (Å²) in [5.41, 5.74) is 1.23. The van der Waals surface area contributed by atoms with Crippen molar-refractivity contribution in [2.75, 3.05) is 7.05 Å². The lowest BCUT2D eigenvalue weighted by Crippen LogP contribution is -2.25. The zero-order chi connectivity index (χ0) is 12.8. The number of aromatic nitrogens is 2. The van der Waals surface area contributed by atoms with Crippen molar-refractivity contribution in [3.8, 4) is 0 Å². The van der Waals surface area contributed by atoms with Crippen molar-refractivity contribution in [3.05, 3.63) is 10.6 Å². The summed E-state index contributed by atoms with van der Waals surface area (Å²) in [6.07, 6.45) is 10.5. The van der Waals surface area contributed by atoms with Crippen LogP contribution in [0.3, 0.4) is 0 Å². The summed E-state index contributed by atoms with van der Waals surface area (Å²) in [5, 5.41) is 7.85. The molecule has 0 saturated heterocycles. The Labute approximate surface area is 115 Å². The van der Waals surface area contributed by atoms with Gasteiger partial charge < -0.3 is 5.32 Å². The largest absolute Gasteiger partial charge is 0.312 e. The van der Waals surface area contributed by atoms with E-state index in [0.29, 0.717) is 6.04 Å². The van der Waals surface area contributed by atoms with Gasteiger partial charge in [-0.25, -0.2) is 0 Å². The van der Waals surface area contributed by atoms with Gasteiger partial charge >= 0.3 is 0 Å². The van der Waals surface area contributed by atoms with E-state index in [9.17, 15) is 0 Å². The Kier molecular flexibility index (Phi) is 5.57. The standard InChI is InChI=1S/C14H25N3S/c1-3-8-12-14(18-17-16-12)13(15-2)11-9-6-4-5-7-10-11/h11,13,15H,3-10H2,1-2H3. The van der Waals surface area contributed by atoms with E-state index in [1.165, 1.54) is 49.1 Å². The van der Waals surface area contributed by atoms with E-state index >= 15 is 0 Å². The molecule has 0 bridgehead atoms. The summed E-state index contributed by atoms with van der Waals surface area (Å²) in [4.78, 5) is 1.39. The van der Waals surface area contributed by atoms with Gasteiger partial charge in [-0.3, -0.25) is 0 Å². The average Bonchev–Trinajstić information content (AvgIpc) is 2.66. The third kappa shape index (κ3) is 3.29. The fourth-order valence-corrected chi connectivity index (χ4v) is 3.99. The molecule has 0 aliphatic heterocycles. The fraction of sp³-hybridized carbons (Fsp3) is 0.857. The van der Waals surface area contributed by atoms with Crippen LogP contribution in [-0.4, -0.2) is 16.6 Å². The van der Waals surface area contributed by atoms with Crippen molar-refractivity contribution < 1.29 is 0 Å². The maximum atomic E-state index is 4.32. The van der Waals surface area contributed by atoms with Gasteiger partial charge in [-0.15, -0.1) is 5.10 Å². The first kappa shape index (κ1) is 13.9. The summed E-state index contributed by atoms with van der Waals surface area (Å²) in [5.74, 6) is 0.773. The van der Waals surface area contributed by atoms with Crippen molar-refractivity contribution in [2.45, 2.75) is 64.3 Å². The molecule has 1 N–H and O–H groups in total. The molecule has 0 amide bonds. The number of nitrogens with zero attached hydrogens (tertiary/aromatic N) is 2. The Morgan fingerprint density at radius 3 is 2.61 bits per heavy atom. The highest BCUT2D eigenvalue weighted by Gasteiger charge is 2.26. The summed E-state index contributed by atoms with van der Waals surface area (Å²) >= 11 is 1.60. The molecule has 1 saturated carbocycles. The maximum absolute atomic E-state index is 4.32. The zero-order valence-electron chi connectivity index (χ0n) is 11.6. The Bertz CT molecular complexity index is 343. The fourth-order valence-electron chi connectivity index (χ4n) is 3.09. The van der Waals surface area contributed by atoms with Gasteiger partial charge in [0.05, 0.1) is 10.6 Å². The Morgan fingerprint density at radius 1 is 1.28 bits per heavy atom. The van der Waals surface area contributed by atoms with Crippen LogP contribution in [0, 0.1) is 5.92 Å². The minimum Gasteiger partial charge on any atom is -0.312 e. The Balaban J connectivity index is 2.12. The molecule has 1 aromatic rings. The maximum Gasteiger partial charge on any atom is 0.0803 e. The molecule has 18 heavy (non-hydrogen) atoms. The predicted molar refractivity (Wildman–Crippen MR) is 76.9 cm³/mol. The lowest BCUT2D eigenvalue weighted by atomic mass is 9.90. The molecule has 0 aromatic carbocycles. The van der Waals surface area contributed by atoms with E-state index in [-0.39, 0.29) is 0 Å². The molecule has 2 rings (SSSR count). The molecule has 102 valence electrons. The second-order valence-corrected chi connectivity index (χ2v) is 6.14. The second-order valence-electron chi connectivity index (χ2n) is 5.35. The van der Waals surface area contributed by atoms with Crippen molar-refractivity contribution in [3.63, 3.8) is 0 Å². The van der Waals surface area contributed by atoms with Crippen LogP contribution in [0.2, 0.25) is 0 Å². The summed E-state index contributed by atoms with van der Waals surface area (Å²) in [7, 11) is 2.09. The van der Waals surface area contributed by atoms with E-state index in [4.69, 9.17) is 0 Å². The molecule has 0 spiro atoms. The van der Waals surface area contributed by atoms with Gasteiger partial charge in [0.25, 0.3) is 0 Å². The lowest BCUT2D eigenvalue weighted by molar-refractivity contribution is 0.344. The van der Waals surface area contributed by atoms with Crippen LogP contribution >= 0.6 is 11.5 Å². The van der Waals surface area contributed by atoms with E-state index in [2.05, 4.69) is 28.9 Å². The normalized spacial score (nSPS) is 19.7. The van der Waals surface area contributed by atoms with Crippen molar-refractivity contribution in [1.29, 1.82) is 0 Å². The predicted octanol–water partition coefficient (Wildman–Crippen LogP) is 3.72. The van der Waals surface area contributed by atoms with E-state index in [1.54, 1.807) is 11.5 Å². The number of aryl methyl sites for hydroxylation is 1. The molecule has 1 heterocycles. The van der Waals surface area contributed by atoms with Gasteiger partial charge in [0.15, 0.2) is 0 Å². The smallest absolute Gasteiger partial charge is 0.0803 e. The zero-order valence-corrected chi connectivity index (χ0v) is 12.4. The van der Waals surface area contributed by atoms with Gasteiger partial charge in [0.1, 0.15) is 0 Å². The lowest BCUT2D eigenvalue weighted by Gasteiger charge is -2.25. The monoisotopic (exact) mass is 267 g/mol. The molecular weight excluding hydrogens is 242 g/mol. The molecule has 1 unspecified atom stereocenters. The number of hydrogen-bond acceptors (Lipinski definition) is 4. The number of nitrogens with one attached hydrogen (secondary N) is 1. The summed E-state index contributed by atoms with van der Waals surface area (Å²) in [6, 6.07) is 0.477. The van der Waals surface area contributed by atoms with Gasteiger partial charge in [0, 0.05) is 6.04 Å². The van der Waals surface area contributed by atoms with Crippen LogP contribution in [0.1, 0.15) is 68.5 Å². The molecule has 1 aliphatic rings. The van der Waals surface area contributed by atoms with Crippen LogP contribution in [0.25, 0.3) is 0 Å². The second kappa shape index (κ2) is 7.19. The minimum absolute atomic E-state index is 0.477. The number of rotatable bonds is 5.